The topological polar surface area (TPSA) is 110 Å². The van der Waals surface area contributed by atoms with E-state index in [2.05, 4.69) is 5.32 Å². The monoisotopic (exact) mass is 326 g/mol. The van der Waals surface area contributed by atoms with Crippen molar-refractivity contribution in [3.05, 3.63) is 38.9 Å². The lowest BCUT2D eigenvalue weighted by Crippen LogP contribution is -2.34. The first-order chi connectivity index (χ1) is 10.4. The third kappa shape index (κ3) is 3.94. The zero-order valence-corrected chi connectivity index (χ0v) is 12.4. The maximum absolute atomic E-state index is 12.0. The van der Waals surface area contributed by atoms with Gasteiger partial charge < -0.3 is 10.4 Å². The van der Waals surface area contributed by atoms with E-state index in [4.69, 9.17) is 16.7 Å². The number of hydrogen-bond acceptors (Lipinski definition) is 4. The van der Waals surface area contributed by atoms with Crippen molar-refractivity contribution < 1.29 is 19.6 Å². The van der Waals surface area contributed by atoms with E-state index in [0.29, 0.717) is 24.8 Å². The SMILES string of the molecule is O=C(Cc1ccc([N+](=O)[O-])cc1Cl)N[C@@H]1CC[C@H](C(=O)O)C1. The Hall–Kier alpha value is -2.15. The second-order valence-electron chi connectivity index (χ2n) is 5.32. The van der Waals surface area contributed by atoms with Crippen LogP contribution in [0.2, 0.25) is 5.02 Å². The molecule has 1 amide bonds. The summed E-state index contributed by atoms with van der Waals surface area (Å²) in [6.45, 7) is 0. The molecular weight excluding hydrogens is 312 g/mol. The summed E-state index contributed by atoms with van der Waals surface area (Å²) in [7, 11) is 0. The molecule has 2 rings (SSSR count). The molecule has 2 N–H and O–H groups in total. The number of nitro benzene ring substituents is 1. The van der Waals surface area contributed by atoms with Gasteiger partial charge in [-0.15, -0.1) is 0 Å². The first kappa shape index (κ1) is 16.2. The molecule has 8 heteroatoms. The molecule has 1 fully saturated rings. The number of carboxylic acid groups (broad SMARTS) is 1. The number of nitrogens with one attached hydrogen (secondary N) is 1. The van der Waals surface area contributed by atoms with Crippen LogP contribution in [-0.4, -0.2) is 27.9 Å². The van der Waals surface area contributed by atoms with Gasteiger partial charge in [-0.25, -0.2) is 0 Å². The summed E-state index contributed by atoms with van der Waals surface area (Å²) in [6, 6.07) is 3.81. The molecule has 0 saturated heterocycles. The zero-order valence-electron chi connectivity index (χ0n) is 11.6. The van der Waals surface area contributed by atoms with E-state index in [1.54, 1.807) is 0 Å². The molecule has 1 aliphatic carbocycles. The smallest absolute Gasteiger partial charge is 0.306 e. The molecule has 0 aliphatic heterocycles. The van der Waals surface area contributed by atoms with Gasteiger partial charge in [-0.3, -0.25) is 19.7 Å². The molecule has 1 aromatic carbocycles. The van der Waals surface area contributed by atoms with Gasteiger partial charge in [-0.05, 0) is 24.8 Å². The highest BCUT2D eigenvalue weighted by Crippen LogP contribution is 2.26. The van der Waals surface area contributed by atoms with Gasteiger partial charge in [0.15, 0.2) is 0 Å². The molecule has 2 atom stereocenters. The molecule has 0 bridgehead atoms. The molecule has 0 aromatic heterocycles. The Kier molecular flexibility index (Phi) is 4.97. The van der Waals surface area contributed by atoms with E-state index < -0.39 is 16.8 Å². The summed E-state index contributed by atoms with van der Waals surface area (Å²) in [5, 5.41) is 22.5. The zero-order chi connectivity index (χ0) is 16.3. The molecule has 7 nitrogen and oxygen atoms in total. The summed E-state index contributed by atoms with van der Waals surface area (Å²) in [6.07, 6.45) is 1.62. The lowest BCUT2D eigenvalue weighted by molar-refractivity contribution is -0.384. The standard InChI is InChI=1S/C14H15ClN2O5/c15-12-7-11(17(21)22)4-2-8(12)6-13(18)16-10-3-1-9(5-10)14(19)20/h2,4,7,9-10H,1,3,5-6H2,(H,16,18)(H,19,20)/t9-,10+/m0/s1. The van der Waals surface area contributed by atoms with Crippen molar-refractivity contribution in [3.63, 3.8) is 0 Å². The maximum atomic E-state index is 12.0. The largest absolute Gasteiger partial charge is 0.481 e. The van der Waals surface area contributed by atoms with Crippen LogP contribution < -0.4 is 5.32 Å². The first-order valence-corrected chi connectivity index (χ1v) is 7.19. The number of carbonyl (C=O) groups excluding carboxylic acids is 1. The highest BCUT2D eigenvalue weighted by atomic mass is 35.5. The fraction of sp³-hybridized carbons (Fsp3) is 0.429. The summed E-state index contributed by atoms with van der Waals surface area (Å²) < 4.78 is 0. The number of aliphatic carboxylic acids is 1. The van der Waals surface area contributed by atoms with E-state index in [1.807, 2.05) is 0 Å². The minimum atomic E-state index is -0.838. The van der Waals surface area contributed by atoms with Crippen LogP contribution in [0.4, 0.5) is 5.69 Å². The Morgan fingerprint density at radius 2 is 2.14 bits per heavy atom. The number of benzene rings is 1. The van der Waals surface area contributed by atoms with Crippen molar-refractivity contribution in [3.8, 4) is 0 Å². The van der Waals surface area contributed by atoms with Crippen LogP contribution >= 0.6 is 11.6 Å². The van der Waals surface area contributed by atoms with Crippen molar-refractivity contribution in [1.82, 2.24) is 5.32 Å². The minimum Gasteiger partial charge on any atom is -0.481 e. The molecular formula is C14H15ClN2O5. The minimum absolute atomic E-state index is 0.00503. The molecule has 1 aliphatic rings. The van der Waals surface area contributed by atoms with Gasteiger partial charge in [0, 0.05) is 18.2 Å². The van der Waals surface area contributed by atoms with Gasteiger partial charge >= 0.3 is 5.97 Å². The number of hydrogen-bond donors (Lipinski definition) is 2. The average Bonchev–Trinajstić information content (AvgIpc) is 2.89. The summed E-state index contributed by atoms with van der Waals surface area (Å²) in [4.78, 5) is 32.9. The fourth-order valence-electron chi connectivity index (χ4n) is 2.58. The van der Waals surface area contributed by atoms with Crippen molar-refractivity contribution in [2.24, 2.45) is 5.92 Å². The summed E-state index contributed by atoms with van der Waals surface area (Å²) in [5.74, 6) is -1.52. The molecule has 0 heterocycles. The number of carbonyl (C=O) groups is 2. The Bertz CT molecular complexity index is 619. The number of nitrogens with zero attached hydrogens (tertiary/aromatic N) is 1. The maximum Gasteiger partial charge on any atom is 0.306 e. The van der Waals surface area contributed by atoms with Crippen LogP contribution in [0.5, 0.6) is 0 Å². The number of amides is 1. The number of nitro groups is 1. The predicted molar refractivity (Wildman–Crippen MR) is 78.7 cm³/mol. The Morgan fingerprint density at radius 3 is 2.68 bits per heavy atom. The lowest BCUT2D eigenvalue weighted by Gasteiger charge is -2.13. The van der Waals surface area contributed by atoms with Crippen LogP contribution in [0.15, 0.2) is 18.2 Å². The van der Waals surface area contributed by atoms with E-state index in [-0.39, 0.29) is 29.1 Å². The van der Waals surface area contributed by atoms with Crippen molar-refractivity contribution in [2.75, 3.05) is 0 Å². The second kappa shape index (κ2) is 6.74. The van der Waals surface area contributed by atoms with Gasteiger partial charge in [0.2, 0.25) is 5.91 Å². The lowest BCUT2D eigenvalue weighted by atomic mass is 10.1. The van der Waals surface area contributed by atoms with Crippen LogP contribution in [0, 0.1) is 16.0 Å². The van der Waals surface area contributed by atoms with Crippen LogP contribution in [-0.2, 0) is 16.0 Å². The molecule has 22 heavy (non-hydrogen) atoms. The molecule has 0 spiro atoms. The number of halogens is 1. The fourth-order valence-corrected chi connectivity index (χ4v) is 2.82. The molecule has 1 saturated carbocycles. The van der Waals surface area contributed by atoms with Crippen molar-refractivity contribution >= 4 is 29.2 Å². The van der Waals surface area contributed by atoms with Gasteiger partial charge in [-0.2, -0.15) is 0 Å². The summed E-state index contributed by atoms with van der Waals surface area (Å²) >= 11 is 5.94. The van der Waals surface area contributed by atoms with Gasteiger partial charge in [0.1, 0.15) is 0 Å². The predicted octanol–water partition coefficient (Wildman–Crippen LogP) is 2.16. The highest BCUT2D eigenvalue weighted by Gasteiger charge is 2.30. The highest BCUT2D eigenvalue weighted by molar-refractivity contribution is 6.31. The molecule has 0 radical (unpaired) electrons. The quantitative estimate of drug-likeness (QED) is 0.636. The second-order valence-corrected chi connectivity index (χ2v) is 5.73. The van der Waals surface area contributed by atoms with Crippen molar-refractivity contribution in [1.29, 1.82) is 0 Å². The summed E-state index contributed by atoms with van der Waals surface area (Å²) in [5.41, 5.74) is 0.367. The number of non-ortho nitro benzene ring substituents is 1. The van der Waals surface area contributed by atoms with Crippen LogP contribution in [0.25, 0.3) is 0 Å². The van der Waals surface area contributed by atoms with E-state index >= 15 is 0 Å². The van der Waals surface area contributed by atoms with E-state index in [1.165, 1.54) is 18.2 Å². The first-order valence-electron chi connectivity index (χ1n) is 6.82. The third-order valence-electron chi connectivity index (χ3n) is 3.75. The van der Waals surface area contributed by atoms with Crippen LogP contribution in [0.3, 0.4) is 0 Å². The number of carboxylic acids is 1. The third-order valence-corrected chi connectivity index (χ3v) is 4.10. The molecule has 118 valence electrons. The van der Waals surface area contributed by atoms with E-state index in [9.17, 15) is 19.7 Å². The molecule has 1 aromatic rings. The molecule has 0 unspecified atom stereocenters. The van der Waals surface area contributed by atoms with Gasteiger partial charge in [0.05, 0.1) is 22.3 Å². The number of rotatable bonds is 5. The van der Waals surface area contributed by atoms with Crippen molar-refractivity contribution in [2.45, 2.75) is 31.7 Å². The Balaban J connectivity index is 1.93. The Labute approximate surface area is 131 Å². The normalized spacial score (nSPS) is 20.6. The van der Waals surface area contributed by atoms with Crippen LogP contribution in [0.1, 0.15) is 24.8 Å². The average molecular weight is 327 g/mol. The Morgan fingerprint density at radius 1 is 1.41 bits per heavy atom. The van der Waals surface area contributed by atoms with Gasteiger partial charge in [-0.1, -0.05) is 17.7 Å². The van der Waals surface area contributed by atoms with E-state index in [0.717, 1.165) is 0 Å². The van der Waals surface area contributed by atoms with Gasteiger partial charge in [0.25, 0.3) is 5.69 Å².